The maximum Gasteiger partial charge on any atom is 0.116 e. The van der Waals surface area contributed by atoms with E-state index in [0.29, 0.717) is 10.7 Å². The molecule has 0 atom stereocenters. The maximum atomic E-state index is 9.39. The Bertz CT molecular complexity index is 351. The van der Waals surface area contributed by atoms with Crippen LogP contribution in [-0.2, 0) is 6.42 Å². The number of nitrogens with two attached hydrogens (primary N) is 1. The van der Waals surface area contributed by atoms with E-state index in [1.807, 2.05) is 13.8 Å². The van der Waals surface area contributed by atoms with Gasteiger partial charge in [-0.15, -0.1) is 0 Å². The Balaban J connectivity index is 2.72. The van der Waals surface area contributed by atoms with Crippen molar-refractivity contribution in [2.24, 2.45) is 5.73 Å². The predicted octanol–water partition coefficient (Wildman–Crippen LogP) is 2.62. The topological polar surface area (TPSA) is 46.2 Å². The van der Waals surface area contributed by atoms with Crippen LogP contribution in [-0.4, -0.2) is 10.1 Å². The smallest absolute Gasteiger partial charge is 0.116 e. The molecule has 1 aromatic carbocycles. The summed E-state index contributed by atoms with van der Waals surface area (Å²) < 4.78 is 0. The average molecular weight is 223 g/mol. The van der Waals surface area contributed by atoms with Gasteiger partial charge in [-0.2, -0.15) is 0 Å². The predicted molar refractivity (Wildman–Crippen MR) is 67.3 cm³/mol. The van der Waals surface area contributed by atoms with Gasteiger partial charge in [-0.05, 0) is 61.9 Å². The molecule has 0 saturated carbocycles. The highest BCUT2D eigenvalue weighted by Gasteiger charge is 2.04. The minimum Gasteiger partial charge on any atom is -0.508 e. The largest absolute Gasteiger partial charge is 0.508 e. The number of benzene rings is 1. The number of thiocarbonyl (C=S) groups is 1. The summed E-state index contributed by atoms with van der Waals surface area (Å²) in [5, 5.41) is 9.39. The molecule has 1 rings (SSSR count). The molecule has 0 aliphatic heterocycles. The van der Waals surface area contributed by atoms with Gasteiger partial charge in [-0.25, -0.2) is 0 Å². The molecule has 2 nitrogen and oxygen atoms in total. The first-order valence-corrected chi connectivity index (χ1v) is 5.49. The number of aryl methyl sites for hydroxylation is 2. The highest BCUT2D eigenvalue weighted by molar-refractivity contribution is 7.80. The molecule has 0 unspecified atom stereocenters. The SMILES string of the molecule is Cc1cc(O)cc(C)c1CCCC(N)=S. The van der Waals surface area contributed by atoms with Crippen molar-refractivity contribution in [1.82, 2.24) is 0 Å². The van der Waals surface area contributed by atoms with E-state index in [-0.39, 0.29) is 0 Å². The fourth-order valence-corrected chi connectivity index (χ4v) is 1.95. The minimum atomic E-state index is 0.336. The number of phenolic OH excluding ortho intramolecular Hbond substituents is 1. The van der Waals surface area contributed by atoms with E-state index in [9.17, 15) is 5.11 Å². The lowest BCUT2D eigenvalue weighted by atomic mass is 9.97. The molecule has 1 aromatic rings. The van der Waals surface area contributed by atoms with Gasteiger partial charge in [0, 0.05) is 0 Å². The summed E-state index contributed by atoms with van der Waals surface area (Å²) in [7, 11) is 0. The zero-order valence-corrected chi connectivity index (χ0v) is 10.0. The van der Waals surface area contributed by atoms with Crippen molar-refractivity contribution < 1.29 is 5.11 Å². The lowest BCUT2D eigenvalue weighted by Crippen LogP contribution is -2.07. The number of aromatic hydroxyl groups is 1. The van der Waals surface area contributed by atoms with Gasteiger partial charge in [0.25, 0.3) is 0 Å². The van der Waals surface area contributed by atoms with Crippen LogP contribution < -0.4 is 5.73 Å². The quantitative estimate of drug-likeness (QED) is 0.771. The Hall–Kier alpha value is -1.09. The molecule has 0 aliphatic rings. The van der Waals surface area contributed by atoms with E-state index in [0.717, 1.165) is 30.4 Å². The van der Waals surface area contributed by atoms with Crippen molar-refractivity contribution >= 4 is 17.2 Å². The van der Waals surface area contributed by atoms with Gasteiger partial charge in [-0.3, -0.25) is 0 Å². The Kier molecular flexibility index (Phi) is 4.09. The Morgan fingerprint density at radius 2 is 1.87 bits per heavy atom. The molecule has 0 radical (unpaired) electrons. The number of hydrogen-bond donors (Lipinski definition) is 2. The van der Waals surface area contributed by atoms with E-state index in [4.69, 9.17) is 18.0 Å². The normalized spacial score (nSPS) is 10.3. The molecular formula is C12H17NOS. The number of hydrogen-bond acceptors (Lipinski definition) is 2. The van der Waals surface area contributed by atoms with Gasteiger partial charge in [0.15, 0.2) is 0 Å². The standard InChI is InChI=1S/C12H17NOS/c1-8-6-10(14)7-9(2)11(8)4-3-5-12(13)15/h6-7,14H,3-5H2,1-2H3,(H2,13,15). The monoisotopic (exact) mass is 223 g/mol. The Morgan fingerprint density at radius 3 is 2.33 bits per heavy atom. The summed E-state index contributed by atoms with van der Waals surface area (Å²) in [6.07, 6.45) is 2.73. The lowest BCUT2D eigenvalue weighted by Gasteiger charge is -2.10. The van der Waals surface area contributed by atoms with Crippen molar-refractivity contribution in [3.05, 3.63) is 28.8 Å². The van der Waals surface area contributed by atoms with Gasteiger partial charge < -0.3 is 10.8 Å². The van der Waals surface area contributed by atoms with Crippen LogP contribution in [0.4, 0.5) is 0 Å². The van der Waals surface area contributed by atoms with Crippen LogP contribution in [0.1, 0.15) is 29.5 Å². The van der Waals surface area contributed by atoms with Crippen LogP contribution in [0.2, 0.25) is 0 Å². The van der Waals surface area contributed by atoms with E-state index in [2.05, 4.69) is 0 Å². The fraction of sp³-hybridized carbons (Fsp3) is 0.417. The third-order valence-corrected chi connectivity index (χ3v) is 2.73. The average Bonchev–Trinajstić information content (AvgIpc) is 2.08. The van der Waals surface area contributed by atoms with Gasteiger partial charge in [0.1, 0.15) is 5.75 Å². The molecule has 0 amide bonds. The van der Waals surface area contributed by atoms with Crippen LogP contribution in [0, 0.1) is 13.8 Å². The van der Waals surface area contributed by atoms with Crippen molar-refractivity contribution in [3.8, 4) is 5.75 Å². The summed E-state index contributed by atoms with van der Waals surface area (Å²) in [6, 6.07) is 3.59. The first-order chi connectivity index (χ1) is 7.00. The molecule has 0 aromatic heterocycles. The molecule has 0 saturated heterocycles. The molecule has 82 valence electrons. The number of phenols is 1. The zero-order valence-electron chi connectivity index (χ0n) is 9.21. The number of rotatable bonds is 4. The third-order valence-electron chi connectivity index (χ3n) is 2.53. The van der Waals surface area contributed by atoms with E-state index in [1.54, 1.807) is 12.1 Å². The summed E-state index contributed by atoms with van der Waals surface area (Å²) >= 11 is 4.84. The van der Waals surface area contributed by atoms with Gasteiger partial charge >= 0.3 is 0 Å². The van der Waals surface area contributed by atoms with E-state index in [1.165, 1.54) is 5.56 Å². The molecule has 3 heteroatoms. The highest BCUT2D eigenvalue weighted by atomic mass is 32.1. The van der Waals surface area contributed by atoms with Crippen molar-refractivity contribution in [2.75, 3.05) is 0 Å². The van der Waals surface area contributed by atoms with Crippen LogP contribution in [0.5, 0.6) is 5.75 Å². The molecule has 3 N–H and O–H groups in total. The molecule has 0 bridgehead atoms. The summed E-state index contributed by atoms with van der Waals surface area (Å²) in [5.41, 5.74) is 9.01. The van der Waals surface area contributed by atoms with Gasteiger partial charge in [0.2, 0.25) is 0 Å². The molecule has 0 fully saturated rings. The second-order valence-corrected chi connectivity index (χ2v) is 4.40. The summed E-state index contributed by atoms with van der Waals surface area (Å²) in [4.78, 5) is 0.573. The lowest BCUT2D eigenvalue weighted by molar-refractivity contribution is 0.474. The van der Waals surface area contributed by atoms with E-state index >= 15 is 0 Å². The van der Waals surface area contributed by atoms with Gasteiger partial charge in [0.05, 0.1) is 4.99 Å². The van der Waals surface area contributed by atoms with E-state index < -0.39 is 0 Å². The minimum absolute atomic E-state index is 0.336. The Morgan fingerprint density at radius 1 is 1.33 bits per heavy atom. The molecular weight excluding hydrogens is 206 g/mol. The first-order valence-electron chi connectivity index (χ1n) is 5.08. The highest BCUT2D eigenvalue weighted by Crippen LogP contribution is 2.22. The van der Waals surface area contributed by atoms with Crippen molar-refractivity contribution in [2.45, 2.75) is 33.1 Å². The maximum absolute atomic E-state index is 9.39. The van der Waals surface area contributed by atoms with Crippen LogP contribution in [0.15, 0.2) is 12.1 Å². The first kappa shape index (κ1) is 12.0. The van der Waals surface area contributed by atoms with Crippen LogP contribution in [0.3, 0.4) is 0 Å². The van der Waals surface area contributed by atoms with Crippen LogP contribution in [0.25, 0.3) is 0 Å². The molecule has 0 aliphatic carbocycles. The van der Waals surface area contributed by atoms with Gasteiger partial charge in [-0.1, -0.05) is 12.2 Å². The van der Waals surface area contributed by atoms with Crippen molar-refractivity contribution in [3.63, 3.8) is 0 Å². The second-order valence-electron chi connectivity index (χ2n) is 3.88. The summed E-state index contributed by atoms with van der Waals surface area (Å²) in [5.74, 6) is 0.336. The zero-order chi connectivity index (χ0) is 11.4. The molecule has 15 heavy (non-hydrogen) atoms. The third kappa shape index (κ3) is 3.51. The molecule has 0 heterocycles. The Labute approximate surface area is 96.1 Å². The fourth-order valence-electron chi connectivity index (χ4n) is 1.80. The van der Waals surface area contributed by atoms with Crippen molar-refractivity contribution in [1.29, 1.82) is 0 Å². The van der Waals surface area contributed by atoms with Crippen LogP contribution >= 0.6 is 12.2 Å². The second kappa shape index (κ2) is 5.12. The summed E-state index contributed by atoms with van der Waals surface area (Å²) in [6.45, 7) is 4.03. The molecule has 0 spiro atoms.